The van der Waals surface area contributed by atoms with E-state index >= 15 is 0 Å². The van der Waals surface area contributed by atoms with Crippen molar-refractivity contribution in [2.24, 2.45) is 4.99 Å². The zero-order valence-corrected chi connectivity index (χ0v) is 15.1. The Morgan fingerprint density at radius 3 is 2.83 bits per heavy atom. The van der Waals surface area contributed by atoms with E-state index in [9.17, 15) is 0 Å². The maximum atomic E-state index is 4.89. The summed E-state index contributed by atoms with van der Waals surface area (Å²) in [6.07, 6.45) is 4.49. The van der Waals surface area contributed by atoms with E-state index in [0.717, 1.165) is 57.3 Å². The Morgan fingerprint density at radius 1 is 1.38 bits per heavy atom. The third-order valence-electron chi connectivity index (χ3n) is 4.05. The van der Waals surface area contributed by atoms with Gasteiger partial charge in [-0.1, -0.05) is 5.16 Å². The van der Waals surface area contributed by atoms with Crippen molar-refractivity contribution < 1.29 is 4.52 Å². The molecular weight excluding hydrogens is 324 g/mol. The molecule has 3 heterocycles. The molecule has 1 N–H and O–H groups in total. The average molecular weight is 348 g/mol. The standard InChI is InChI=1S/C16H24N6OS/c1-13-11-19-15(24-13)3-5-18-16(17-2)22-8-6-21(7-9-22)12-14-4-10-23-20-14/h4,10-11H,3,5-9,12H2,1-2H3,(H,17,18). The molecule has 0 amide bonds. The van der Waals surface area contributed by atoms with Crippen molar-refractivity contribution >= 4 is 17.3 Å². The zero-order chi connectivity index (χ0) is 16.8. The third-order valence-corrected chi connectivity index (χ3v) is 5.02. The highest BCUT2D eigenvalue weighted by Gasteiger charge is 2.20. The van der Waals surface area contributed by atoms with Gasteiger partial charge >= 0.3 is 0 Å². The Kier molecular flexibility index (Phi) is 5.81. The van der Waals surface area contributed by atoms with Crippen molar-refractivity contribution in [1.29, 1.82) is 0 Å². The predicted molar refractivity (Wildman–Crippen MR) is 95.3 cm³/mol. The topological polar surface area (TPSA) is 69.8 Å². The highest BCUT2D eigenvalue weighted by atomic mass is 32.1. The van der Waals surface area contributed by atoms with Crippen LogP contribution in [0.5, 0.6) is 0 Å². The molecule has 0 bridgehead atoms. The number of nitrogens with zero attached hydrogens (tertiary/aromatic N) is 5. The number of thiazole rings is 1. The fraction of sp³-hybridized carbons (Fsp3) is 0.562. The lowest BCUT2D eigenvalue weighted by Crippen LogP contribution is -2.52. The molecule has 3 rings (SSSR count). The van der Waals surface area contributed by atoms with Crippen LogP contribution in [0.15, 0.2) is 28.0 Å². The number of aliphatic imine (C=N–C) groups is 1. The summed E-state index contributed by atoms with van der Waals surface area (Å²) >= 11 is 1.76. The van der Waals surface area contributed by atoms with Crippen LogP contribution in [-0.4, -0.2) is 65.7 Å². The van der Waals surface area contributed by atoms with Crippen LogP contribution >= 0.6 is 11.3 Å². The van der Waals surface area contributed by atoms with E-state index < -0.39 is 0 Å². The molecule has 0 aromatic carbocycles. The molecule has 0 spiro atoms. The number of nitrogens with one attached hydrogen (secondary N) is 1. The van der Waals surface area contributed by atoms with Crippen LogP contribution in [0.1, 0.15) is 15.6 Å². The van der Waals surface area contributed by atoms with Gasteiger partial charge in [0.2, 0.25) is 0 Å². The third kappa shape index (κ3) is 4.55. The first-order chi connectivity index (χ1) is 11.7. The van der Waals surface area contributed by atoms with Crippen molar-refractivity contribution in [2.45, 2.75) is 19.9 Å². The number of aryl methyl sites for hydroxylation is 1. The molecule has 24 heavy (non-hydrogen) atoms. The molecule has 8 heteroatoms. The van der Waals surface area contributed by atoms with Crippen LogP contribution in [0.25, 0.3) is 0 Å². The summed E-state index contributed by atoms with van der Waals surface area (Å²) in [5, 5.41) is 8.61. The molecule has 0 saturated carbocycles. The molecule has 1 fully saturated rings. The minimum Gasteiger partial charge on any atom is -0.364 e. The van der Waals surface area contributed by atoms with Crippen molar-refractivity contribution in [3.05, 3.63) is 34.1 Å². The normalized spacial score (nSPS) is 16.6. The number of hydrogen-bond donors (Lipinski definition) is 1. The molecule has 0 unspecified atom stereocenters. The summed E-state index contributed by atoms with van der Waals surface area (Å²) in [7, 11) is 1.84. The SMILES string of the molecule is CN=C(NCCc1ncc(C)s1)N1CCN(Cc2ccon2)CC1. The average Bonchev–Trinajstić information content (AvgIpc) is 3.24. The molecule has 7 nitrogen and oxygen atoms in total. The van der Waals surface area contributed by atoms with E-state index in [4.69, 9.17) is 4.52 Å². The first kappa shape index (κ1) is 16.9. The first-order valence-corrected chi connectivity index (χ1v) is 9.05. The van der Waals surface area contributed by atoms with Gasteiger partial charge in [0, 0.05) is 69.9 Å². The fourth-order valence-corrected chi connectivity index (χ4v) is 3.58. The van der Waals surface area contributed by atoms with E-state index in [2.05, 4.69) is 37.2 Å². The van der Waals surface area contributed by atoms with Crippen molar-refractivity contribution in [3.63, 3.8) is 0 Å². The molecule has 1 aliphatic heterocycles. The van der Waals surface area contributed by atoms with Crippen LogP contribution in [0.3, 0.4) is 0 Å². The van der Waals surface area contributed by atoms with Gasteiger partial charge in [-0.2, -0.15) is 0 Å². The van der Waals surface area contributed by atoms with E-state index in [1.54, 1.807) is 17.6 Å². The number of guanidine groups is 1. The monoisotopic (exact) mass is 348 g/mol. The number of rotatable bonds is 5. The van der Waals surface area contributed by atoms with Crippen molar-refractivity contribution in [2.75, 3.05) is 39.8 Å². The minimum atomic E-state index is 0.847. The van der Waals surface area contributed by atoms with E-state index in [1.807, 2.05) is 19.3 Å². The fourth-order valence-electron chi connectivity index (χ4n) is 2.80. The molecule has 1 aliphatic rings. The maximum absolute atomic E-state index is 4.89. The van der Waals surface area contributed by atoms with Gasteiger partial charge in [-0.25, -0.2) is 4.98 Å². The lowest BCUT2D eigenvalue weighted by molar-refractivity contribution is 0.169. The van der Waals surface area contributed by atoms with Crippen LogP contribution in [0, 0.1) is 6.92 Å². The summed E-state index contributed by atoms with van der Waals surface area (Å²) in [6.45, 7) is 7.73. The second kappa shape index (κ2) is 8.25. The summed E-state index contributed by atoms with van der Waals surface area (Å²) in [6, 6.07) is 1.92. The van der Waals surface area contributed by atoms with Crippen molar-refractivity contribution in [3.8, 4) is 0 Å². The first-order valence-electron chi connectivity index (χ1n) is 8.23. The summed E-state index contributed by atoms with van der Waals surface area (Å²) < 4.78 is 4.89. The lowest BCUT2D eigenvalue weighted by atomic mass is 10.3. The molecule has 0 atom stereocenters. The Bertz CT molecular complexity index is 645. The van der Waals surface area contributed by atoms with E-state index in [1.165, 1.54) is 9.88 Å². The zero-order valence-electron chi connectivity index (χ0n) is 14.2. The van der Waals surface area contributed by atoms with Gasteiger partial charge in [0.25, 0.3) is 0 Å². The summed E-state index contributed by atoms with van der Waals surface area (Å²) in [5.41, 5.74) is 0.990. The molecule has 0 aliphatic carbocycles. The van der Waals surface area contributed by atoms with E-state index in [-0.39, 0.29) is 0 Å². The summed E-state index contributed by atoms with van der Waals surface area (Å²) in [5.74, 6) is 0.976. The largest absolute Gasteiger partial charge is 0.364 e. The smallest absolute Gasteiger partial charge is 0.193 e. The molecule has 2 aromatic rings. The molecule has 2 aromatic heterocycles. The van der Waals surface area contributed by atoms with Crippen LogP contribution < -0.4 is 5.32 Å². The quantitative estimate of drug-likeness (QED) is 0.650. The number of piperazine rings is 1. The number of aromatic nitrogens is 2. The lowest BCUT2D eigenvalue weighted by Gasteiger charge is -2.36. The van der Waals surface area contributed by atoms with Crippen LogP contribution in [0.2, 0.25) is 0 Å². The Morgan fingerprint density at radius 2 is 2.21 bits per heavy atom. The van der Waals surface area contributed by atoms with Gasteiger partial charge < -0.3 is 14.7 Å². The highest BCUT2D eigenvalue weighted by molar-refractivity contribution is 7.11. The molecule has 130 valence electrons. The Balaban J connectivity index is 1.42. The molecular formula is C16H24N6OS. The van der Waals surface area contributed by atoms with Crippen LogP contribution in [-0.2, 0) is 13.0 Å². The minimum absolute atomic E-state index is 0.847. The summed E-state index contributed by atoms with van der Waals surface area (Å²) in [4.78, 5) is 14.8. The van der Waals surface area contributed by atoms with E-state index in [0.29, 0.717) is 0 Å². The maximum Gasteiger partial charge on any atom is 0.193 e. The second-order valence-electron chi connectivity index (χ2n) is 5.84. The second-order valence-corrected chi connectivity index (χ2v) is 7.16. The number of hydrogen-bond acceptors (Lipinski definition) is 6. The Hall–Kier alpha value is -1.93. The van der Waals surface area contributed by atoms with Gasteiger partial charge in [-0.15, -0.1) is 11.3 Å². The molecule has 0 radical (unpaired) electrons. The van der Waals surface area contributed by atoms with Gasteiger partial charge in [0.15, 0.2) is 5.96 Å². The Labute approximate surface area is 146 Å². The van der Waals surface area contributed by atoms with Gasteiger partial charge in [0.1, 0.15) is 6.26 Å². The van der Waals surface area contributed by atoms with Gasteiger partial charge in [-0.05, 0) is 6.92 Å². The van der Waals surface area contributed by atoms with Gasteiger partial charge in [-0.3, -0.25) is 9.89 Å². The van der Waals surface area contributed by atoms with Crippen LogP contribution in [0.4, 0.5) is 0 Å². The highest BCUT2D eigenvalue weighted by Crippen LogP contribution is 2.11. The predicted octanol–water partition coefficient (Wildman–Crippen LogP) is 1.38. The van der Waals surface area contributed by atoms with Gasteiger partial charge in [0.05, 0.1) is 10.7 Å². The van der Waals surface area contributed by atoms with Crippen molar-refractivity contribution in [1.82, 2.24) is 25.3 Å². The molecule has 1 saturated heterocycles.